The molecule has 1 heterocycles. The normalized spacial score (nSPS) is 15.2. The zero-order valence-corrected chi connectivity index (χ0v) is 15.2. The maximum absolute atomic E-state index is 12.5. The van der Waals surface area contributed by atoms with Crippen LogP contribution in [0.2, 0.25) is 0 Å². The van der Waals surface area contributed by atoms with E-state index in [2.05, 4.69) is 17.3 Å². The summed E-state index contributed by atoms with van der Waals surface area (Å²) < 4.78 is 0. The van der Waals surface area contributed by atoms with Gasteiger partial charge in [-0.3, -0.25) is 9.59 Å². The van der Waals surface area contributed by atoms with Crippen LogP contribution in [-0.2, 0) is 4.79 Å². The Labute approximate surface area is 150 Å². The lowest BCUT2D eigenvalue weighted by atomic mass is 10.1. The van der Waals surface area contributed by atoms with Crippen LogP contribution in [0.1, 0.15) is 42.5 Å². The minimum absolute atomic E-state index is 0.0193. The third kappa shape index (κ3) is 6.48. The average molecular weight is 346 g/mol. The van der Waals surface area contributed by atoms with E-state index in [1.807, 2.05) is 4.90 Å². The predicted octanol–water partition coefficient (Wildman–Crippen LogP) is 1.92. The number of unbranched alkanes of at least 4 members (excludes halogenated alkanes) is 3. The second-order valence-corrected chi connectivity index (χ2v) is 6.67. The van der Waals surface area contributed by atoms with Crippen molar-refractivity contribution in [3.05, 3.63) is 29.8 Å². The number of piperazine rings is 1. The van der Waals surface area contributed by atoms with Gasteiger partial charge in [-0.15, -0.1) is 0 Å². The highest BCUT2D eigenvalue weighted by molar-refractivity contribution is 5.95. The standard InChI is InChI=1S/C19H30N4O2/c1-22-12-14-23(15-13-22)19(25)16-7-9-17(10-8-16)21-18(24)6-4-2-3-5-11-20/h7-10H,2-6,11-15,20H2,1H3,(H,21,24). The largest absolute Gasteiger partial charge is 0.336 e. The molecule has 0 unspecified atom stereocenters. The van der Waals surface area contributed by atoms with Crippen molar-refractivity contribution in [2.45, 2.75) is 32.1 Å². The first-order valence-corrected chi connectivity index (χ1v) is 9.18. The summed E-state index contributed by atoms with van der Waals surface area (Å²) in [5, 5.41) is 2.89. The van der Waals surface area contributed by atoms with Gasteiger partial charge in [0, 0.05) is 43.9 Å². The lowest BCUT2D eigenvalue weighted by Crippen LogP contribution is -2.47. The minimum Gasteiger partial charge on any atom is -0.336 e. The van der Waals surface area contributed by atoms with Gasteiger partial charge in [0.05, 0.1) is 0 Å². The van der Waals surface area contributed by atoms with Gasteiger partial charge in [0.1, 0.15) is 0 Å². The smallest absolute Gasteiger partial charge is 0.253 e. The molecule has 6 nitrogen and oxygen atoms in total. The molecular weight excluding hydrogens is 316 g/mol. The second kappa shape index (κ2) is 10.2. The van der Waals surface area contributed by atoms with Gasteiger partial charge in [-0.25, -0.2) is 0 Å². The summed E-state index contributed by atoms with van der Waals surface area (Å²) in [6, 6.07) is 7.18. The molecule has 6 heteroatoms. The van der Waals surface area contributed by atoms with E-state index in [4.69, 9.17) is 5.73 Å². The number of hydrogen-bond donors (Lipinski definition) is 2. The van der Waals surface area contributed by atoms with Gasteiger partial charge < -0.3 is 20.9 Å². The second-order valence-electron chi connectivity index (χ2n) is 6.67. The first-order chi connectivity index (χ1) is 12.1. The highest BCUT2D eigenvalue weighted by Crippen LogP contribution is 2.14. The molecular formula is C19H30N4O2. The van der Waals surface area contributed by atoms with Gasteiger partial charge in [-0.1, -0.05) is 12.8 Å². The van der Waals surface area contributed by atoms with E-state index in [1.54, 1.807) is 24.3 Å². The van der Waals surface area contributed by atoms with Crippen molar-refractivity contribution in [3.63, 3.8) is 0 Å². The highest BCUT2D eigenvalue weighted by Gasteiger charge is 2.20. The molecule has 1 fully saturated rings. The van der Waals surface area contributed by atoms with Gasteiger partial charge in [0.2, 0.25) is 5.91 Å². The zero-order chi connectivity index (χ0) is 18.1. The van der Waals surface area contributed by atoms with E-state index >= 15 is 0 Å². The van der Waals surface area contributed by atoms with Crippen molar-refractivity contribution >= 4 is 17.5 Å². The molecule has 0 aliphatic carbocycles. The summed E-state index contributed by atoms with van der Waals surface area (Å²) in [5.74, 6) is 0.0803. The fourth-order valence-electron chi connectivity index (χ4n) is 2.90. The number of nitrogens with zero attached hydrogens (tertiary/aromatic N) is 2. The van der Waals surface area contributed by atoms with Crippen LogP contribution in [0.25, 0.3) is 0 Å². The molecule has 1 aliphatic heterocycles. The Kier molecular flexibility index (Phi) is 7.88. The van der Waals surface area contributed by atoms with Crippen LogP contribution in [0, 0.1) is 0 Å². The van der Waals surface area contributed by atoms with Crippen molar-refractivity contribution in [3.8, 4) is 0 Å². The van der Waals surface area contributed by atoms with Crippen LogP contribution in [0.15, 0.2) is 24.3 Å². The van der Waals surface area contributed by atoms with Crippen LogP contribution in [-0.4, -0.2) is 61.4 Å². The summed E-state index contributed by atoms with van der Waals surface area (Å²) in [6.07, 6.45) is 4.53. The molecule has 138 valence electrons. The molecule has 0 spiro atoms. The Bertz CT molecular complexity index is 551. The van der Waals surface area contributed by atoms with Gasteiger partial charge in [-0.2, -0.15) is 0 Å². The van der Waals surface area contributed by atoms with Gasteiger partial charge in [-0.05, 0) is 50.7 Å². The Morgan fingerprint density at radius 1 is 1.00 bits per heavy atom. The molecule has 1 aromatic rings. The summed E-state index contributed by atoms with van der Waals surface area (Å²) in [6.45, 7) is 4.05. The van der Waals surface area contributed by atoms with Gasteiger partial charge in [0.25, 0.3) is 5.91 Å². The number of benzene rings is 1. The number of likely N-dealkylation sites (N-methyl/N-ethyl adjacent to an activating group) is 1. The first kappa shape index (κ1) is 19.4. The molecule has 0 saturated carbocycles. The summed E-state index contributed by atoms with van der Waals surface area (Å²) in [5.41, 5.74) is 6.86. The molecule has 1 aromatic carbocycles. The number of anilines is 1. The van der Waals surface area contributed by atoms with Crippen LogP contribution < -0.4 is 11.1 Å². The van der Waals surface area contributed by atoms with E-state index in [1.165, 1.54) is 0 Å². The van der Waals surface area contributed by atoms with Crippen LogP contribution >= 0.6 is 0 Å². The molecule has 2 rings (SSSR count). The molecule has 1 saturated heterocycles. The van der Waals surface area contributed by atoms with E-state index < -0.39 is 0 Å². The number of nitrogens with two attached hydrogens (primary N) is 1. The number of carbonyl (C=O) groups excluding carboxylic acids is 2. The van der Waals surface area contributed by atoms with E-state index in [0.29, 0.717) is 18.5 Å². The van der Waals surface area contributed by atoms with Crippen molar-refractivity contribution in [2.24, 2.45) is 5.73 Å². The third-order valence-corrected chi connectivity index (χ3v) is 4.56. The monoisotopic (exact) mass is 346 g/mol. The Morgan fingerprint density at radius 2 is 1.64 bits per heavy atom. The molecule has 0 atom stereocenters. The van der Waals surface area contributed by atoms with Gasteiger partial charge in [0.15, 0.2) is 0 Å². The van der Waals surface area contributed by atoms with Crippen molar-refractivity contribution < 1.29 is 9.59 Å². The first-order valence-electron chi connectivity index (χ1n) is 9.18. The number of carbonyl (C=O) groups is 2. The topological polar surface area (TPSA) is 78.7 Å². The van der Waals surface area contributed by atoms with Crippen molar-refractivity contribution in [1.29, 1.82) is 0 Å². The Balaban J connectivity index is 1.77. The Hall–Kier alpha value is -1.92. The molecule has 0 aromatic heterocycles. The number of hydrogen-bond acceptors (Lipinski definition) is 4. The number of nitrogens with one attached hydrogen (secondary N) is 1. The minimum atomic E-state index is 0.0193. The Morgan fingerprint density at radius 3 is 2.28 bits per heavy atom. The quantitative estimate of drug-likeness (QED) is 0.705. The average Bonchev–Trinajstić information content (AvgIpc) is 2.62. The lowest BCUT2D eigenvalue weighted by molar-refractivity contribution is -0.116. The van der Waals surface area contributed by atoms with Crippen molar-refractivity contribution in [2.75, 3.05) is 45.1 Å². The van der Waals surface area contributed by atoms with Crippen molar-refractivity contribution in [1.82, 2.24) is 9.80 Å². The molecule has 1 aliphatic rings. The zero-order valence-electron chi connectivity index (χ0n) is 15.2. The fraction of sp³-hybridized carbons (Fsp3) is 0.579. The van der Waals surface area contributed by atoms with Crippen LogP contribution in [0.3, 0.4) is 0 Å². The van der Waals surface area contributed by atoms with Gasteiger partial charge >= 0.3 is 0 Å². The summed E-state index contributed by atoms with van der Waals surface area (Å²) in [7, 11) is 2.07. The lowest BCUT2D eigenvalue weighted by Gasteiger charge is -2.32. The number of rotatable bonds is 8. The van der Waals surface area contributed by atoms with E-state index in [0.717, 1.165) is 57.5 Å². The highest BCUT2D eigenvalue weighted by atomic mass is 16.2. The summed E-state index contributed by atoms with van der Waals surface area (Å²) in [4.78, 5) is 28.5. The SMILES string of the molecule is CN1CCN(C(=O)c2ccc(NC(=O)CCCCCCN)cc2)CC1. The molecule has 25 heavy (non-hydrogen) atoms. The fourth-order valence-corrected chi connectivity index (χ4v) is 2.90. The van der Waals surface area contributed by atoms with Crippen LogP contribution in [0.5, 0.6) is 0 Å². The maximum Gasteiger partial charge on any atom is 0.253 e. The molecule has 2 amide bonds. The molecule has 0 radical (unpaired) electrons. The molecule has 3 N–H and O–H groups in total. The van der Waals surface area contributed by atoms with E-state index in [-0.39, 0.29) is 11.8 Å². The predicted molar refractivity (Wildman–Crippen MR) is 101 cm³/mol. The van der Waals surface area contributed by atoms with Crippen LogP contribution in [0.4, 0.5) is 5.69 Å². The maximum atomic E-state index is 12.5. The summed E-state index contributed by atoms with van der Waals surface area (Å²) >= 11 is 0. The van der Waals surface area contributed by atoms with E-state index in [9.17, 15) is 9.59 Å². The number of amides is 2. The molecule has 0 bridgehead atoms. The third-order valence-electron chi connectivity index (χ3n) is 4.56.